The summed E-state index contributed by atoms with van der Waals surface area (Å²) >= 11 is 0.766. The fraction of sp³-hybridized carbons (Fsp3) is 0.750. The Kier molecular flexibility index (Phi) is 5.65. The summed E-state index contributed by atoms with van der Waals surface area (Å²) in [7, 11) is 0. The van der Waals surface area contributed by atoms with Gasteiger partial charge in [0.25, 0.3) is 0 Å². The Balaban J connectivity index is 3.64. The van der Waals surface area contributed by atoms with E-state index in [9.17, 15) is 0 Å². The molecule has 0 radical (unpaired) electrons. The normalized spacial score (nSPS) is 11.6. The number of hydrogen-bond donors (Lipinski definition) is 0. The first kappa shape index (κ1) is 11.3. The van der Waals surface area contributed by atoms with Crippen LogP contribution in [-0.4, -0.2) is 22.8 Å². The Hall–Kier alpha value is 1.27. The molecule has 0 heterocycles. The van der Waals surface area contributed by atoms with E-state index in [1.165, 1.54) is 17.3 Å². The Morgan fingerprint density at radius 2 is 1.90 bits per heavy atom. The number of rotatable bonds is 4. The monoisotopic (exact) mass is 360 g/mol. The van der Waals surface area contributed by atoms with Gasteiger partial charge in [-0.3, -0.25) is 0 Å². The molecule has 0 aliphatic heterocycles. The van der Waals surface area contributed by atoms with E-state index in [2.05, 4.69) is 44.0 Å². The zero-order chi connectivity index (χ0) is 8.20. The van der Waals surface area contributed by atoms with Crippen molar-refractivity contribution < 1.29 is 0 Å². The molecule has 0 aromatic carbocycles. The Labute approximate surface area is 82.5 Å². The van der Waals surface area contributed by atoms with Crippen LogP contribution in [0, 0.1) is 0 Å². The molecule has 0 nitrogen and oxygen atoms in total. The molecule has 0 unspecified atom stereocenters. The summed E-state index contributed by atoms with van der Waals surface area (Å²) in [4.78, 5) is 7.30. The summed E-state index contributed by atoms with van der Waals surface area (Å²) in [6.07, 6.45) is 2.61. The first-order chi connectivity index (χ1) is 4.48. The third-order valence-electron chi connectivity index (χ3n) is 1.67. The van der Waals surface area contributed by atoms with Gasteiger partial charge in [0.2, 0.25) is 0 Å². The van der Waals surface area contributed by atoms with Gasteiger partial charge < -0.3 is 0 Å². The number of hydrogen-bond acceptors (Lipinski definition) is 0. The molecule has 0 aromatic rings. The molecule has 0 amide bonds. The van der Waals surface area contributed by atoms with E-state index in [1.807, 2.05) is 0 Å². The molecule has 0 aliphatic carbocycles. The molecule has 0 N–H and O–H groups in total. The van der Waals surface area contributed by atoms with Crippen LogP contribution < -0.4 is 0 Å². The maximum absolute atomic E-state index is 4.15. The van der Waals surface area contributed by atoms with Crippen molar-refractivity contribution in [3.63, 3.8) is 0 Å². The zero-order valence-electron chi connectivity index (χ0n) is 7.21. The summed E-state index contributed by atoms with van der Waals surface area (Å²) in [5, 5.41) is 0. The molecule has 0 fully saturated rings. The number of halogens is 1. The molecule has 0 rings (SSSR count). The van der Waals surface area contributed by atoms with Crippen LogP contribution in [0.15, 0.2) is 10.2 Å². The Bertz CT molecular complexity index is 113. The molecular formula is C8H17ISn. The van der Waals surface area contributed by atoms with E-state index in [0.717, 1.165) is 0 Å². The fourth-order valence-electron chi connectivity index (χ4n) is 0.655. The molecule has 0 aliphatic rings. The van der Waals surface area contributed by atoms with Crippen LogP contribution in [0.5, 0.6) is 0 Å². The summed E-state index contributed by atoms with van der Waals surface area (Å²) in [6.45, 7) is 4.15. The van der Waals surface area contributed by atoms with Gasteiger partial charge in [-0.05, 0) is 0 Å². The van der Waals surface area contributed by atoms with E-state index in [1.54, 1.807) is 3.59 Å². The molecule has 0 saturated carbocycles. The molecule has 0 saturated heterocycles. The van der Waals surface area contributed by atoms with Crippen molar-refractivity contribution in [3.8, 4) is 0 Å². The van der Waals surface area contributed by atoms with Gasteiger partial charge in [0.1, 0.15) is 0 Å². The van der Waals surface area contributed by atoms with Crippen molar-refractivity contribution in [3.05, 3.63) is 10.2 Å². The van der Waals surface area contributed by atoms with E-state index >= 15 is 0 Å². The van der Waals surface area contributed by atoms with Crippen molar-refractivity contribution in [1.82, 2.24) is 0 Å². The minimum absolute atomic E-state index is 1.28. The average molecular weight is 359 g/mol. The Morgan fingerprint density at radius 1 is 1.40 bits per heavy atom. The molecule has 60 valence electrons. The third kappa shape index (κ3) is 4.99. The van der Waals surface area contributed by atoms with Gasteiger partial charge in [-0.1, -0.05) is 0 Å². The van der Waals surface area contributed by atoms with Gasteiger partial charge in [0.15, 0.2) is 0 Å². The summed E-state index contributed by atoms with van der Waals surface area (Å²) < 4.78 is 2.87. The van der Waals surface area contributed by atoms with E-state index in [0.29, 0.717) is 0 Å². The molecular weight excluding hydrogens is 342 g/mol. The third-order valence-corrected chi connectivity index (χ3v) is 9.20. The van der Waals surface area contributed by atoms with E-state index < -0.39 is 18.4 Å². The summed E-state index contributed by atoms with van der Waals surface area (Å²) in [5.74, 6) is 0. The standard InChI is InChI=1S/C5H8I.3CH3.Sn/c1-2-3-4-5-6;;;;/h1,3-5H2;3*1H3;. The molecule has 0 bridgehead atoms. The van der Waals surface area contributed by atoms with Crippen molar-refractivity contribution in [2.45, 2.75) is 27.7 Å². The fourth-order valence-corrected chi connectivity index (χ4v) is 3.68. The predicted molar refractivity (Wildman–Crippen MR) is 60.6 cm³/mol. The van der Waals surface area contributed by atoms with Crippen LogP contribution in [0.1, 0.15) is 12.8 Å². The quantitative estimate of drug-likeness (QED) is 0.409. The van der Waals surface area contributed by atoms with Crippen molar-refractivity contribution in [1.29, 1.82) is 0 Å². The van der Waals surface area contributed by atoms with Gasteiger partial charge in [0, 0.05) is 0 Å². The topological polar surface area (TPSA) is 0 Å². The summed E-state index contributed by atoms with van der Waals surface area (Å²) in [5.41, 5.74) is 0. The SMILES string of the molecule is C=[C](CCCI)[Sn]([CH3])([CH3])[CH3]. The van der Waals surface area contributed by atoms with Crippen LogP contribution in [0.2, 0.25) is 14.8 Å². The van der Waals surface area contributed by atoms with Gasteiger partial charge in [-0.2, -0.15) is 0 Å². The van der Waals surface area contributed by atoms with E-state index in [4.69, 9.17) is 0 Å². The first-order valence-electron chi connectivity index (χ1n) is 3.72. The summed E-state index contributed by atoms with van der Waals surface area (Å²) in [6, 6.07) is 0. The van der Waals surface area contributed by atoms with Crippen molar-refractivity contribution in [2.24, 2.45) is 0 Å². The second-order valence-electron chi connectivity index (χ2n) is 3.65. The molecule has 0 aromatic heterocycles. The van der Waals surface area contributed by atoms with Crippen LogP contribution in [-0.2, 0) is 0 Å². The molecule has 0 spiro atoms. The first-order valence-corrected chi connectivity index (χ1v) is 15.2. The van der Waals surface area contributed by atoms with E-state index in [-0.39, 0.29) is 0 Å². The van der Waals surface area contributed by atoms with Gasteiger partial charge in [-0.15, -0.1) is 0 Å². The zero-order valence-corrected chi connectivity index (χ0v) is 12.2. The number of alkyl halides is 1. The maximum atomic E-state index is 4.15. The molecule has 0 atom stereocenters. The van der Waals surface area contributed by atoms with Crippen LogP contribution in [0.25, 0.3) is 0 Å². The average Bonchev–Trinajstić information content (AvgIpc) is 1.80. The number of allylic oxidation sites excluding steroid dienone is 1. The van der Waals surface area contributed by atoms with Crippen molar-refractivity contribution in [2.75, 3.05) is 4.43 Å². The second kappa shape index (κ2) is 5.01. The second-order valence-corrected chi connectivity index (χ2v) is 19.6. The van der Waals surface area contributed by atoms with Gasteiger partial charge in [-0.25, -0.2) is 0 Å². The van der Waals surface area contributed by atoms with Crippen LogP contribution in [0.4, 0.5) is 0 Å². The van der Waals surface area contributed by atoms with Gasteiger partial charge >= 0.3 is 83.2 Å². The Morgan fingerprint density at radius 3 is 2.20 bits per heavy atom. The predicted octanol–water partition coefficient (Wildman–Crippen LogP) is 3.64. The van der Waals surface area contributed by atoms with Crippen molar-refractivity contribution >= 4 is 41.0 Å². The van der Waals surface area contributed by atoms with Crippen LogP contribution in [0.3, 0.4) is 0 Å². The molecule has 2 heteroatoms. The van der Waals surface area contributed by atoms with Crippen LogP contribution >= 0.6 is 22.6 Å². The van der Waals surface area contributed by atoms with Gasteiger partial charge in [0.05, 0.1) is 0 Å². The molecule has 10 heavy (non-hydrogen) atoms. The minimum atomic E-state index is -1.66.